The molecule has 2 aromatic carbocycles. The number of hydrogen-bond acceptors (Lipinski definition) is 2. The fraction of sp³-hybridized carbons (Fsp3) is 0.263. The van der Waals surface area contributed by atoms with Gasteiger partial charge in [0.25, 0.3) is 11.8 Å². The lowest BCUT2D eigenvalue weighted by atomic mass is 10.0. The summed E-state index contributed by atoms with van der Waals surface area (Å²) in [6.07, 6.45) is 0. The first-order valence-electron chi connectivity index (χ1n) is 7.93. The summed E-state index contributed by atoms with van der Waals surface area (Å²) in [6, 6.07) is 17.6. The minimum Gasteiger partial charge on any atom is -0.344 e. The number of carbonyl (C=O) groups excluding carboxylic acids is 2. The largest absolute Gasteiger partial charge is 0.344 e. The Morgan fingerprint density at radius 1 is 0.958 bits per heavy atom. The monoisotopic (exact) mass is 326 g/mol. The van der Waals surface area contributed by atoms with Gasteiger partial charge in [-0.05, 0) is 11.6 Å². The van der Waals surface area contributed by atoms with E-state index >= 15 is 0 Å². The molecule has 0 heterocycles. The van der Waals surface area contributed by atoms with Crippen LogP contribution in [0.1, 0.15) is 0 Å². The number of anilines is 1. The normalized spacial score (nSPS) is 11.6. The van der Waals surface area contributed by atoms with Crippen LogP contribution in [0.4, 0.5) is 5.69 Å². The first-order chi connectivity index (χ1) is 11.5. The van der Waals surface area contributed by atoms with Crippen molar-refractivity contribution in [2.75, 3.05) is 39.5 Å². The maximum Gasteiger partial charge on any atom is 0.279 e. The quantitative estimate of drug-likeness (QED) is 0.828. The van der Waals surface area contributed by atoms with Gasteiger partial charge in [0, 0.05) is 25.3 Å². The van der Waals surface area contributed by atoms with Crippen molar-refractivity contribution in [3.05, 3.63) is 54.6 Å². The second kappa shape index (κ2) is 8.26. The highest BCUT2D eigenvalue weighted by Gasteiger charge is 2.16. The number of nitrogens with zero attached hydrogens (tertiary/aromatic N) is 1. The van der Waals surface area contributed by atoms with Crippen molar-refractivity contribution in [3.63, 3.8) is 0 Å². The lowest BCUT2D eigenvalue weighted by Gasteiger charge is -2.17. The van der Waals surface area contributed by atoms with Crippen LogP contribution in [0.5, 0.6) is 0 Å². The summed E-state index contributed by atoms with van der Waals surface area (Å²) >= 11 is 0. The van der Waals surface area contributed by atoms with E-state index in [9.17, 15) is 9.59 Å². The molecule has 5 nitrogen and oxygen atoms in total. The summed E-state index contributed by atoms with van der Waals surface area (Å²) in [7, 11) is 5.27. The maximum absolute atomic E-state index is 12.3. The average Bonchev–Trinajstić information content (AvgIpc) is 2.55. The molecule has 24 heavy (non-hydrogen) atoms. The standard InChI is InChI=1S/C19H23N3O2/c1-21(2)19(24)14-22(3)13-18(23)20-17-12-8-7-11-16(17)15-9-5-4-6-10-15/h4-12H,13-14H2,1-3H3,(H,20,23)/p+1. The van der Waals surface area contributed by atoms with Crippen LogP contribution in [-0.2, 0) is 9.59 Å². The highest BCUT2D eigenvalue weighted by molar-refractivity contribution is 5.96. The first kappa shape index (κ1) is 17.7. The van der Waals surface area contributed by atoms with Crippen LogP contribution in [0, 0.1) is 0 Å². The molecule has 5 heteroatoms. The second-order valence-electron chi connectivity index (χ2n) is 6.06. The molecular formula is C19H24N3O2+. The molecule has 0 saturated heterocycles. The van der Waals surface area contributed by atoms with Crippen LogP contribution in [0.25, 0.3) is 11.1 Å². The molecule has 0 aliphatic carbocycles. The molecule has 0 aliphatic heterocycles. The Morgan fingerprint density at radius 2 is 1.58 bits per heavy atom. The highest BCUT2D eigenvalue weighted by Crippen LogP contribution is 2.27. The van der Waals surface area contributed by atoms with Crippen LogP contribution in [0.3, 0.4) is 0 Å². The van der Waals surface area contributed by atoms with E-state index in [4.69, 9.17) is 0 Å². The lowest BCUT2D eigenvalue weighted by molar-refractivity contribution is -0.862. The van der Waals surface area contributed by atoms with Crippen molar-refractivity contribution >= 4 is 17.5 Å². The Hall–Kier alpha value is -2.66. The minimum absolute atomic E-state index is 0.00462. The van der Waals surface area contributed by atoms with Crippen molar-refractivity contribution in [1.29, 1.82) is 0 Å². The maximum atomic E-state index is 12.3. The molecule has 126 valence electrons. The van der Waals surface area contributed by atoms with E-state index in [1.54, 1.807) is 14.1 Å². The summed E-state index contributed by atoms with van der Waals surface area (Å²) in [4.78, 5) is 26.4. The summed E-state index contributed by atoms with van der Waals surface area (Å²) in [5.74, 6) is -0.104. The number of likely N-dealkylation sites (N-methyl/N-ethyl adjacent to an activating group) is 2. The third kappa shape index (κ3) is 4.93. The van der Waals surface area contributed by atoms with E-state index in [2.05, 4.69) is 5.32 Å². The zero-order chi connectivity index (χ0) is 17.5. The molecule has 0 fully saturated rings. The molecule has 2 aromatic rings. The van der Waals surface area contributed by atoms with E-state index in [1.807, 2.05) is 61.6 Å². The number of amides is 2. The van der Waals surface area contributed by atoms with E-state index in [1.165, 1.54) is 4.90 Å². The van der Waals surface area contributed by atoms with E-state index in [0.717, 1.165) is 21.7 Å². The Labute approximate surface area is 142 Å². The zero-order valence-electron chi connectivity index (χ0n) is 14.4. The molecule has 2 N–H and O–H groups in total. The van der Waals surface area contributed by atoms with Gasteiger partial charge < -0.3 is 15.1 Å². The van der Waals surface area contributed by atoms with Crippen molar-refractivity contribution in [3.8, 4) is 11.1 Å². The third-order valence-electron chi connectivity index (χ3n) is 3.70. The number of benzene rings is 2. The minimum atomic E-state index is -0.109. The molecule has 1 unspecified atom stereocenters. The van der Waals surface area contributed by atoms with Crippen molar-refractivity contribution < 1.29 is 14.5 Å². The van der Waals surface area contributed by atoms with Crippen LogP contribution in [0.15, 0.2) is 54.6 Å². The number of para-hydroxylation sites is 1. The van der Waals surface area contributed by atoms with Gasteiger partial charge >= 0.3 is 0 Å². The number of carbonyl (C=O) groups is 2. The Balaban J connectivity index is 2.04. The van der Waals surface area contributed by atoms with Gasteiger partial charge in [0.1, 0.15) is 0 Å². The summed E-state index contributed by atoms with van der Waals surface area (Å²) in [5.41, 5.74) is 2.81. The van der Waals surface area contributed by atoms with Crippen LogP contribution in [-0.4, -0.2) is 50.9 Å². The third-order valence-corrected chi connectivity index (χ3v) is 3.70. The number of nitrogens with one attached hydrogen (secondary N) is 2. The predicted molar refractivity (Wildman–Crippen MR) is 95.8 cm³/mol. The fourth-order valence-corrected chi connectivity index (χ4v) is 2.41. The lowest BCUT2D eigenvalue weighted by Crippen LogP contribution is -3.11. The summed E-state index contributed by atoms with van der Waals surface area (Å²) in [6.45, 7) is 0.531. The topological polar surface area (TPSA) is 53.9 Å². The van der Waals surface area contributed by atoms with Gasteiger partial charge in [0.15, 0.2) is 13.1 Å². The molecule has 0 aromatic heterocycles. The van der Waals surface area contributed by atoms with Gasteiger partial charge in [-0.25, -0.2) is 0 Å². The molecule has 2 rings (SSSR count). The SMILES string of the molecule is CN(C)C(=O)C[NH+](C)CC(=O)Nc1ccccc1-c1ccccc1. The molecule has 2 amide bonds. The molecule has 0 spiro atoms. The van der Waals surface area contributed by atoms with Gasteiger partial charge in [-0.15, -0.1) is 0 Å². The van der Waals surface area contributed by atoms with E-state index < -0.39 is 0 Å². The smallest absolute Gasteiger partial charge is 0.279 e. The molecular weight excluding hydrogens is 302 g/mol. The highest BCUT2D eigenvalue weighted by atomic mass is 16.2. The van der Waals surface area contributed by atoms with Crippen LogP contribution >= 0.6 is 0 Å². The van der Waals surface area contributed by atoms with Gasteiger partial charge in [0.2, 0.25) is 0 Å². The molecule has 0 radical (unpaired) electrons. The van der Waals surface area contributed by atoms with Gasteiger partial charge in [-0.2, -0.15) is 0 Å². The predicted octanol–water partition coefficient (Wildman–Crippen LogP) is 0.895. The number of quaternary nitrogens is 1. The molecule has 0 saturated carbocycles. The van der Waals surface area contributed by atoms with Crippen LogP contribution < -0.4 is 10.2 Å². The van der Waals surface area contributed by atoms with Crippen molar-refractivity contribution in [1.82, 2.24) is 4.90 Å². The van der Waals surface area contributed by atoms with Gasteiger partial charge in [0.05, 0.1) is 7.05 Å². The van der Waals surface area contributed by atoms with Crippen molar-refractivity contribution in [2.24, 2.45) is 0 Å². The Bertz CT molecular complexity index is 699. The Morgan fingerprint density at radius 3 is 2.25 bits per heavy atom. The molecule has 1 atom stereocenters. The number of hydrogen-bond donors (Lipinski definition) is 2. The van der Waals surface area contributed by atoms with Gasteiger partial charge in [-0.1, -0.05) is 48.5 Å². The average molecular weight is 326 g/mol. The van der Waals surface area contributed by atoms with E-state index in [0.29, 0.717) is 6.54 Å². The second-order valence-corrected chi connectivity index (χ2v) is 6.06. The van der Waals surface area contributed by atoms with Gasteiger partial charge in [-0.3, -0.25) is 9.59 Å². The van der Waals surface area contributed by atoms with E-state index in [-0.39, 0.29) is 18.4 Å². The molecule has 0 bridgehead atoms. The molecule has 0 aliphatic rings. The number of rotatable bonds is 6. The summed E-state index contributed by atoms with van der Waals surface area (Å²) < 4.78 is 0. The fourth-order valence-electron chi connectivity index (χ4n) is 2.41. The summed E-state index contributed by atoms with van der Waals surface area (Å²) in [5, 5.41) is 2.96. The zero-order valence-corrected chi connectivity index (χ0v) is 14.4. The first-order valence-corrected chi connectivity index (χ1v) is 7.93. The van der Waals surface area contributed by atoms with Crippen LogP contribution in [0.2, 0.25) is 0 Å². The van der Waals surface area contributed by atoms with Crippen molar-refractivity contribution in [2.45, 2.75) is 0 Å². The Kier molecular flexibility index (Phi) is 6.09.